The van der Waals surface area contributed by atoms with Gasteiger partial charge in [-0.3, -0.25) is 4.72 Å². The van der Waals surface area contributed by atoms with Crippen molar-refractivity contribution in [3.8, 4) is 0 Å². The maximum Gasteiger partial charge on any atom is 0.323 e. The summed E-state index contributed by atoms with van der Waals surface area (Å²) in [7, 11) is -3.77. The average Bonchev–Trinajstić information content (AvgIpc) is 2.93. The fourth-order valence-corrected chi connectivity index (χ4v) is 4.35. The van der Waals surface area contributed by atoms with Crippen molar-refractivity contribution in [3.63, 3.8) is 0 Å². The average molecular weight is 418 g/mol. The molecule has 0 radical (unpaired) electrons. The number of sulfonamides is 1. The Balaban J connectivity index is 1.77. The first-order valence-corrected chi connectivity index (χ1v) is 9.63. The van der Waals surface area contributed by atoms with E-state index in [0.29, 0.717) is 21.2 Å². The van der Waals surface area contributed by atoms with Crippen molar-refractivity contribution in [2.24, 2.45) is 0 Å². The summed E-state index contributed by atoms with van der Waals surface area (Å²) < 4.78 is 28.5. The first-order chi connectivity index (χ1) is 11.9. The lowest BCUT2D eigenvalue weighted by Crippen LogP contribution is -2.13. The van der Waals surface area contributed by atoms with E-state index in [4.69, 9.17) is 0 Å². The highest BCUT2D eigenvalue weighted by Crippen LogP contribution is 2.29. The van der Waals surface area contributed by atoms with Crippen LogP contribution in [0, 0.1) is 0 Å². The van der Waals surface area contributed by atoms with Crippen molar-refractivity contribution in [1.29, 1.82) is 0 Å². The van der Waals surface area contributed by atoms with Gasteiger partial charge in [0.05, 0.1) is 21.6 Å². The van der Waals surface area contributed by atoms with Gasteiger partial charge in [0.1, 0.15) is 0 Å². The summed E-state index contributed by atoms with van der Waals surface area (Å²) in [6, 6.07) is 15.7. The van der Waals surface area contributed by atoms with E-state index in [1.165, 1.54) is 0 Å². The van der Waals surface area contributed by atoms with Crippen molar-refractivity contribution in [1.82, 2.24) is 9.97 Å². The summed E-state index contributed by atoms with van der Waals surface area (Å²) in [6.07, 6.45) is 0. The van der Waals surface area contributed by atoms with Gasteiger partial charge in [-0.1, -0.05) is 30.3 Å². The molecule has 0 saturated carbocycles. The van der Waals surface area contributed by atoms with E-state index in [-0.39, 0.29) is 10.6 Å². The van der Waals surface area contributed by atoms with Crippen LogP contribution in [0.3, 0.4) is 0 Å². The molecule has 0 saturated heterocycles. The fourth-order valence-electron chi connectivity index (χ4n) is 2.67. The van der Waals surface area contributed by atoms with Gasteiger partial charge in [0, 0.05) is 4.47 Å². The van der Waals surface area contributed by atoms with Gasteiger partial charge >= 0.3 is 5.69 Å². The predicted molar refractivity (Wildman–Crippen MR) is 101 cm³/mol. The Morgan fingerprint density at radius 3 is 2.32 bits per heavy atom. The minimum absolute atomic E-state index is 0.167. The Morgan fingerprint density at radius 2 is 1.56 bits per heavy atom. The molecule has 0 aliphatic rings. The number of imidazole rings is 1. The highest BCUT2D eigenvalue weighted by Gasteiger charge is 2.17. The monoisotopic (exact) mass is 417 g/mol. The van der Waals surface area contributed by atoms with E-state index in [0.717, 1.165) is 10.8 Å². The summed E-state index contributed by atoms with van der Waals surface area (Å²) in [6.45, 7) is 0. The van der Waals surface area contributed by atoms with Crippen LogP contribution in [0.2, 0.25) is 0 Å². The molecule has 4 rings (SSSR count). The fraction of sp³-hybridized carbons (Fsp3) is 0. The van der Waals surface area contributed by atoms with Crippen LogP contribution in [0.1, 0.15) is 0 Å². The van der Waals surface area contributed by atoms with Crippen LogP contribution in [0.5, 0.6) is 0 Å². The summed E-state index contributed by atoms with van der Waals surface area (Å²) in [5.74, 6) is 0. The van der Waals surface area contributed by atoms with Gasteiger partial charge in [-0.25, -0.2) is 13.2 Å². The van der Waals surface area contributed by atoms with Gasteiger partial charge in [-0.15, -0.1) is 0 Å². The Kier molecular flexibility index (Phi) is 3.66. The van der Waals surface area contributed by atoms with Gasteiger partial charge < -0.3 is 9.97 Å². The molecule has 126 valence electrons. The van der Waals surface area contributed by atoms with Gasteiger partial charge in [-0.2, -0.15) is 0 Å². The van der Waals surface area contributed by atoms with Crippen LogP contribution in [0.25, 0.3) is 21.8 Å². The highest BCUT2D eigenvalue weighted by atomic mass is 79.9. The smallest absolute Gasteiger partial charge is 0.306 e. The van der Waals surface area contributed by atoms with E-state index in [9.17, 15) is 13.2 Å². The zero-order chi connectivity index (χ0) is 17.6. The number of halogens is 1. The molecule has 0 bridgehead atoms. The van der Waals surface area contributed by atoms with Crippen LogP contribution < -0.4 is 10.4 Å². The van der Waals surface area contributed by atoms with E-state index in [2.05, 4.69) is 30.6 Å². The molecular formula is C17H12BrN3O3S. The molecule has 1 heterocycles. The zero-order valence-corrected chi connectivity index (χ0v) is 15.1. The Labute approximate surface area is 151 Å². The summed E-state index contributed by atoms with van der Waals surface area (Å²) >= 11 is 3.33. The van der Waals surface area contributed by atoms with Crippen molar-refractivity contribution in [2.75, 3.05) is 4.72 Å². The molecule has 25 heavy (non-hydrogen) atoms. The van der Waals surface area contributed by atoms with Crippen molar-refractivity contribution >= 4 is 53.4 Å². The van der Waals surface area contributed by atoms with E-state index >= 15 is 0 Å². The molecule has 3 aromatic carbocycles. The number of rotatable bonds is 3. The van der Waals surface area contributed by atoms with Crippen molar-refractivity contribution < 1.29 is 8.42 Å². The third-order valence-corrected chi connectivity index (χ3v) is 5.90. The summed E-state index contributed by atoms with van der Waals surface area (Å²) in [5, 5.41) is 1.81. The number of fused-ring (bicyclic) bond motifs is 2. The first-order valence-electron chi connectivity index (χ1n) is 7.35. The zero-order valence-electron chi connectivity index (χ0n) is 12.7. The lowest BCUT2D eigenvalue weighted by molar-refractivity contribution is 0.601. The van der Waals surface area contributed by atoms with E-state index in [1.54, 1.807) is 30.3 Å². The van der Waals surface area contributed by atoms with Crippen LogP contribution in [0.4, 0.5) is 5.69 Å². The number of aromatic amines is 2. The van der Waals surface area contributed by atoms with Crippen LogP contribution in [-0.4, -0.2) is 18.4 Å². The molecule has 0 amide bonds. The standard InChI is InChI=1S/C17H12BrN3O3S/c18-13-8-15-16(20-17(22)19-15)9-14(13)21-25(23,24)12-6-5-10-3-1-2-4-11(10)7-12/h1-9,21H,(H2,19,20,22). The van der Waals surface area contributed by atoms with E-state index in [1.807, 2.05) is 24.3 Å². The normalized spacial score (nSPS) is 11.9. The molecule has 4 aromatic rings. The molecule has 6 nitrogen and oxygen atoms in total. The molecule has 0 atom stereocenters. The second-order valence-corrected chi connectivity index (χ2v) is 8.11. The molecule has 0 aliphatic carbocycles. The second kappa shape index (κ2) is 5.75. The topological polar surface area (TPSA) is 94.8 Å². The van der Waals surface area contributed by atoms with Crippen molar-refractivity contribution in [2.45, 2.75) is 4.90 Å². The molecule has 3 N–H and O–H groups in total. The molecular weight excluding hydrogens is 406 g/mol. The summed E-state index contributed by atoms with van der Waals surface area (Å²) in [4.78, 5) is 16.8. The van der Waals surface area contributed by atoms with Gasteiger partial charge in [-0.05, 0) is 51.0 Å². The number of H-pyrrole nitrogens is 2. The SMILES string of the molecule is O=c1[nH]c2cc(Br)c(NS(=O)(=O)c3ccc4ccccc4c3)cc2[nH]1. The molecule has 8 heteroatoms. The Bertz CT molecular complexity index is 1280. The third-order valence-electron chi connectivity index (χ3n) is 3.88. The molecule has 1 aromatic heterocycles. The quantitative estimate of drug-likeness (QED) is 0.475. The molecule has 0 unspecified atom stereocenters. The maximum atomic E-state index is 12.7. The Hall–Kier alpha value is -2.58. The minimum Gasteiger partial charge on any atom is -0.306 e. The first kappa shape index (κ1) is 15.9. The molecule has 0 aliphatic heterocycles. The lowest BCUT2D eigenvalue weighted by Gasteiger charge is -2.11. The second-order valence-electron chi connectivity index (χ2n) is 5.57. The van der Waals surface area contributed by atoms with Gasteiger partial charge in [0.15, 0.2) is 0 Å². The van der Waals surface area contributed by atoms with Crippen molar-refractivity contribution in [3.05, 3.63) is 69.6 Å². The third kappa shape index (κ3) is 2.94. The number of hydrogen-bond donors (Lipinski definition) is 3. The minimum atomic E-state index is -3.77. The van der Waals surface area contributed by atoms with Crippen LogP contribution in [-0.2, 0) is 10.0 Å². The number of anilines is 1. The lowest BCUT2D eigenvalue weighted by atomic mass is 10.1. The number of nitrogens with one attached hydrogen (secondary N) is 3. The highest BCUT2D eigenvalue weighted by molar-refractivity contribution is 9.10. The largest absolute Gasteiger partial charge is 0.323 e. The molecule has 0 fully saturated rings. The van der Waals surface area contributed by atoms with Crippen LogP contribution >= 0.6 is 15.9 Å². The predicted octanol–water partition coefficient (Wildman–Crippen LogP) is 3.57. The van der Waals surface area contributed by atoms with Crippen LogP contribution in [0.15, 0.2) is 68.8 Å². The number of hydrogen-bond acceptors (Lipinski definition) is 3. The maximum absolute atomic E-state index is 12.7. The van der Waals surface area contributed by atoms with Gasteiger partial charge in [0.25, 0.3) is 10.0 Å². The number of aromatic nitrogens is 2. The number of benzene rings is 3. The Morgan fingerprint density at radius 1 is 0.880 bits per heavy atom. The summed E-state index contributed by atoms with van der Waals surface area (Å²) in [5.41, 5.74) is 1.10. The van der Waals surface area contributed by atoms with Gasteiger partial charge in [0.2, 0.25) is 0 Å². The molecule has 0 spiro atoms. The van der Waals surface area contributed by atoms with E-state index < -0.39 is 10.0 Å².